The highest BCUT2D eigenvalue weighted by molar-refractivity contribution is 5.85. The second kappa shape index (κ2) is 10.1. The molecule has 0 aliphatic carbocycles. The molecule has 0 amide bonds. The topological polar surface area (TPSA) is 68.6 Å². The molecule has 5 nitrogen and oxygen atoms in total. The van der Waals surface area contributed by atoms with E-state index in [0.29, 0.717) is 11.3 Å². The van der Waals surface area contributed by atoms with Crippen LogP contribution in [-0.4, -0.2) is 46.3 Å². The van der Waals surface area contributed by atoms with Crippen LogP contribution in [0.25, 0.3) is 0 Å². The summed E-state index contributed by atoms with van der Waals surface area (Å²) in [7, 11) is 0. The Bertz CT molecular complexity index is 520. The lowest BCUT2D eigenvalue weighted by molar-refractivity contribution is 0.166. The third-order valence-corrected chi connectivity index (χ3v) is 4.00. The zero-order valence-electron chi connectivity index (χ0n) is 13.7. The Labute approximate surface area is 150 Å². The molecule has 132 valence electrons. The molecule has 2 rings (SSSR count). The van der Waals surface area contributed by atoms with E-state index in [0.717, 1.165) is 43.7 Å². The van der Waals surface area contributed by atoms with Crippen molar-refractivity contribution in [2.24, 2.45) is 0 Å². The van der Waals surface area contributed by atoms with Crippen LogP contribution in [0.1, 0.15) is 36.2 Å². The van der Waals surface area contributed by atoms with Crippen LogP contribution in [0.2, 0.25) is 0 Å². The molecule has 0 radical (unpaired) electrons. The molecule has 1 aromatic heterocycles. The number of aromatic nitrogens is 1. The number of aryl methyl sites for hydroxylation is 1. The molecule has 1 aliphatic heterocycles. The summed E-state index contributed by atoms with van der Waals surface area (Å²) in [5, 5.41) is 23.4. The second-order valence-corrected chi connectivity index (χ2v) is 5.75. The van der Waals surface area contributed by atoms with Crippen LogP contribution in [0.3, 0.4) is 0 Å². The molecule has 0 bridgehead atoms. The number of nitrogens with zero attached hydrogens (tertiary/aromatic N) is 2. The molecular weight excluding hydrogens is 337 g/mol. The van der Waals surface area contributed by atoms with Gasteiger partial charge in [0.05, 0.1) is 12.3 Å². The van der Waals surface area contributed by atoms with E-state index in [1.807, 2.05) is 6.92 Å². The van der Waals surface area contributed by atoms with Crippen LogP contribution in [0.15, 0.2) is 18.3 Å². The van der Waals surface area contributed by atoms with E-state index in [-0.39, 0.29) is 43.2 Å². The van der Waals surface area contributed by atoms with Gasteiger partial charge in [0.2, 0.25) is 0 Å². The smallest absolute Gasteiger partial charge is 0.141 e. The minimum Gasteiger partial charge on any atom is -0.506 e. The number of aliphatic hydroxyl groups is 1. The van der Waals surface area contributed by atoms with E-state index < -0.39 is 0 Å². The molecule has 1 atom stereocenters. The predicted molar refractivity (Wildman–Crippen MR) is 97.7 cm³/mol. The van der Waals surface area contributed by atoms with Crippen molar-refractivity contribution in [3.8, 4) is 5.75 Å². The number of piperazine rings is 1. The highest BCUT2D eigenvalue weighted by Crippen LogP contribution is 2.37. The average Bonchev–Trinajstić information content (AvgIpc) is 2.48. The number of hydrogen-bond donors (Lipinski definition) is 3. The van der Waals surface area contributed by atoms with Gasteiger partial charge in [0.25, 0.3) is 0 Å². The Morgan fingerprint density at radius 1 is 1.39 bits per heavy atom. The number of aromatic hydroxyl groups is 1. The van der Waals surface area contributed by atoms with Crippen molar-refractivity contribution in [1.29, 1.82) is 0 Å². The lowest BCUT2D eigenvalue weighted by atomic mass is 9.93. The van der Waals surface area contributed by atoms with E-state index >= 15 is 0 Å². The molecule has 0 saturated carbocycles. The van der Waals surface area contributed by atoms with Crippen molar-refractivity contribution in [1.82, 2.24) is 15.2 Å². The zero-order chi connectivity index (χ0) is 15.4. The number of nitrogens with one attached hydrogen (secondary N) is 1. The van der Waals surface area contributed by atoms with Crippen molar-refractivity contribution in [2.75, 3.05) is 26.2 Å². The maximum Gasteiger partial charge on any atom is 0.141 e. The summed E-state index contributed by atoms with van der Waals surface area (Å²) in [6.07, 6.45) is 2.43. The molecule has 0 aromatic carbocycles. The Morgan fingerprint density at radius 2 is 2.00 bits per heavy atom. The number of rotatable bonds is 5. The van der Waals surface area contributed by atoms with Gasteiger partial charge < -0.3 is 15.5 Å². The third-order valence-electron chi connectivity index (χ3n) is 4.00. The van der Waals surface area contributed by atoms with Gasteiger partial charge in [0, 0.05) is 49.5 Å². The third kappa shape index (κ3) is 5.33. The number of hydrogen-bond acceptors (Lipinski definition) is 5. The molecule has 0 spiro atoms. The van der Waals surface area contributed by atoms with E-state index in [9.17, 15) is 10.2 Å². The number of aliphatic hydroxyl groups excluding tert-OH is 1. The van der Waals surface area contributed by atoms with Gasteiger partial charge in [-0.05, 0) is 20.3 Å². The minimum atomic E-state index is -0.116. The highest BCUT2D eigenvalue weighted by atomic mass is 35.5. The first-order valence-electron chi connectivity index (χ1n) is 7.42. The fourth-order valence-electron chi connectivity index (χ4n) is 2.89. The normalized spacial score (nSPS) is 16.1. The van der Waals surface area contributed by atoms with E-state index in [1.165, 1.54) is 0 Å². The van der Waals surface area contributed by atoms with Gasteiger partial charge in [0.1, 0.15) is 5.75 Å². The van der Waals surface area contributed by atoms with Crippen molar-refractivity contribution in [2.45, 2.75) is 32.9 Å². The Kier molecular flexibility index (Phi) is 9.73. The Balaban J connectivity index is 0.00000242. The van der Waals surface area contributed by atoms with Crippen LogP contribution in [-0.2, 0) is 6.61 Å². The SMILES string of the molecule is C=C(C)C[C@@H](c1c(CO)cnc(C)c1O)N1CCNCC1.Cl.Cl. The minimum absolute atomic E-state index is 0. The van der Waals surface area contributed by atoms with Crippen LogP contribution in [0.4, 0.5) is 0 Å². The Morgan fingerprint density at radius 3 is 2.52 bits per heavy atom. The van der Waals surface area contributed by atoms with Gasteiger partial charge in [-0.2, -0.15) is 0 Å². The largest absolute Gasteiger partial charge is 0.506 e. The summed E-state index contributed by atoms with van der Waals surface area (Å²) in [5.41, 5.74) is 3.16. The summed E-state index contributed by atoms with van der Waals surface area (Å²) < 4.78 is 0. The van der Waals surface area contributed by atoms with Crippen LogP contribution < -0.4 is 5.32 Å². The van der Waals surface area contributed by atoms with Crippen molar-refractivity contribution >= 4 is 24.8 Å². The number of pyridine rings is 1. The van der Waals surface area contributed by atoms with Gasteiger partial charge in [-0.3, -0.25) is 9.88 Å². The second-order valence-electron chi connectivity index (χ2n) is 5.75. The summed E-state index contributed by atoms with van der Waals surface area (Å²) >= 11 is 0. The molecule has 7 heteroatoms. The van der Waals surface area contributed by atoms with Crippen molar-refractivity contribution in [3.63, 3.8) is 0 Å². The summed E-state index contributed by atoms with van der Waals surface area (Å²) in [6, 6.07) is 0.0356. The maximum absolute atomic E-state index is 10.5. The predicted octanol–water partition coefficient (Wildman–Crippen LogP) is 2.34. The lowest BCUT2D eigenvalue weighted by Crippen LogP contribution is -2.45. The van der Waals surface area contributed by atoms with Crippen LogP contribution >= 0.6 is 24.8 Å². The molecule has 0 unspecified atom stereocenters. The van der Waals surface area contributed by atoms with E-state index in [2.05, 4.69) is 21.8 Å². The summed E-state index contributed by atoms with van der Waals surface area (Å²) in [4.78, 5) is 6.50. The molecular formula is C16H27Cl2N3O2. The van der Waals surface area contributed by atoms with Crippen LogP contribution in [0.5, 0.6) is 5.75 Å². The molecule has 1 fully saturated rings. The van der Waals surface area contributed by atoms with Gasteiger partial charge >= 0.3 is 0 Å². The van der Waals surface area contributed by atoms with E-state index in [4.69, 9.17) is 0 Å². The standard InChI is InChI=1S/C16H25N3O2.2ClH/c1-11(2)8-14(19-6-4-17-5-7-19)15-13(10-20)9-18-12(3)16(15)21;;/h9,14,17,20-21H,1,4-8,10H2,2-3H3;2*1H/t14-;;/m0../s1. The molecule has 1 aromatic rings. The fourth-order valence-corrected chi connectivity index (χ4v) is 2.89. The molecule has 2 heterocycles. The van der Waals surface area contributed by atoms with E-state index in [1.54, 1.807) is 13.1 Å². The monoisotopic (exact) mass is 363 g/mol. The first-order chi connectivity index (χ1) is 10.0. The molecule has 3 N–H and O–H groups in total. The summed E-state index contributed by atoms with van der Waals surface area (Å²) in [5.74, 6) is 0.200. The first kappa shape index (κ1) is 22.1. The molecule has 1 aliphatic rings. The molecule has 1 saturated heterocycles. The van der Waals surface area contributed by atoms with Gasteiger partial charge in [-0.25, -0.2) is 0 Å². The van der Waals surface area contributed by atoms with Gasteiger partial charge in [-0.1, -0.05) is 5.57 Å². The Hall–Kier alpha value is -0.850. The fraction of sp³-hybridized carbons (Fsp3) is 0.562. The molecule has 23 heavy (non-hydrogen) atoms. The number of halogens is 2. The zero-order valence-corrected chi connectivity index (χ0v) is 15.3. The highest BCUT2D eigenvalue weighted by Gasteiger charge is 2.27. The average molecular weight is 364 g/mol. The van der Waals surface area contributed by atoms with Gasteiger partial charge in [0.15, 0.2) is 0 Å². The first-order valence-corrected chi connectivity index (χ1v) is 7.42. The van der Waals surface area contributed by atoms with Gasteiger partial charge in [-0.15, -0.1) is 31.4 Å². The summed E-state index contributed by atoms with van der Waals surface area (Å²) in [6.45, 7) is 11.4. The quantitative estimate of drug-likeness (QED) is 0.700. The van der Waals surface area contributed by atoms with Crippen molar-refractivity contribution in [3.05, 3.63) is 35.2 Å². The van der Waals surface area contributed by atoms with Crippen molar-refractivity contribution < 1.29 is 10.2 Å². The lowest BCUT2D eigenvalue weighted by Gasteiger charge is -2.36. The maximum atomic E-state index is 10.5. The van der Waals surface area contributed by atoms with Crippen LogP contribution in [0, 0.1) is 6.92 Å².